The summed E-state index contributed by atoms with van der Waals surface area (Å²) < 4.78 is 6.29. The average molecular weight is 246 g/mol. The van der Waals surface area contributed by atoms with Gasteiger partial charge in [-0.15, -0.1) is 11.3 Å². The fourth-order valence-electron chi connectivity index (χ4n) is 1.80. The molecular formula is C11H16ClNOS. The average Bonchev–Trinajstić information content (AvgIpc) is 2.52. The second kappa shape index (κ2) is 5.85. The SMILES string of the molecule is Clc1ccc(CNC2CCCOCC2)s1. The van der Waals surface area contributed by atoms with Crippen LogP contribution in [0.15, 0.2) is 12.1 Å². The predicted molar refractivity (Wildman–Crippen MR) is 64.6 cm³/mol. The van der Waals surface area contributed by atoms with Crippen LogP contribution in [0.2, 0.25) is 4.34 Å². The Hall–Kier alpha value is -0.0900. The Morgan fingerprint density at radius 2 is 2.33 bits per heavy atom. The Balaban J connectivity index is 1.76. The molecule has 15 heavy (non-hydrogen) atoms. The summed E-state index contributed by atoms with van der Waals surface area (Å²) in [6.07, 6.45) is 3.51. The Bertz CT molecular complexity index is 295. The molecule has 0 spiro atoms. The van der Waals surface area contributed by atoms with Crippen LogP contribution in [-0.2, 0) is 11.3 Å². The number of hydrogen-bond donors (Lipinski definition) is 1. The molecule has 2 nitrogen and oxygen atoms in total. The molecule has 1 N–H and O–H groups in total. The van der Waals surface area contributed by atoms with Gasteiger partial charge in [-0.05, 0) is 31.4 Å². The molecule has 0 aliphatic carbocycles. The van der Waals surface area contributed by atoms with E-state index in [0.717, 1.165) is 30.5 Å². The van der Waals surface area contributed by atoms with Gasteiger partial charge < -0.3 is 10.1 Å². The number of rotatable bonds is 3. The molecule has 0 bridgehead atoms. The summed E-state index contributed by atoms with van der Waals surface area (Å²) in [5.74, 6) is 0. The van der Waals surface area contributed by atoms with Crippen molar-refractivity contribution in [2.45, 2.75) is 31.8 Å². The Morgan fingerprint density at radius 1 is 1.40 bits per heavy atom. The minimum Gasteiger partial charge on any atom is -0.381 e. The van der Waals surface area contributed by atoms with Gasteiger partial charge in [-0.3, -0.25) is 0 Å². The summed E-state index contributed by atoms with van der Waals surface area (Å²) in [5.41, 5.74) is 0. The van der Waals surface area contributed by atoms with Crippen molar-refractivity contribution < 1.29 is 4.74 Å². The van der Waals surface area contributed by atoms with Crippen molar-refractivity contribution in [1.82, 2.24) is 5.32 Å². The van der Waals surface area contributed by atoms with E-state index in [1.807, 2.05) is 6.07 Å². The molecule has 1 aromatic rings. The molecule has 1 atom stereocenters. The third kappa shape index (κ3) is 3.76. The Labute approximate surface area is 99.6 Å². The van der Waals surface area contributed by atoms with Crippen molar-refractivity contribution in [2.75, 3.05) is 13.2 Å². The van der Waals surface area contributed by atoms with E-state index < -0.39 is 0 Å². The van der Waals surface area contributed by atoms with Crippen LogP contribution < -0.4 is 5.32 Å². The van der Waals surface area contributed by atoms with Gasteiger partial charge >= 0.3 is 0 Å². The van der Waals surface area contributed by atoms with E-state index in [-0.39, 0.29) is 0 Å². The van der Waals surface area contributed by atoms with Gasteiger partial charge in [-0.2, -0.15) is 0 Å². The van der Waals surface area contributed by atoms with E-state index in [0.29, 0.717) is 6.04 Å². The highest BCUT2D eigenvalue weighted by Crippen LogP contribution is 2.21. The molecule has 0 amide bonds. The third-order valence-corrected chi connectivity index (χ3v) is 3.88. The van der Waals surface area contributed by atoms with Gasteiger partial charge in [0.15, 0.2) is 0 Å². The molecule has 1 aromatic heterocycles. The minimum atomic E-state index is 0.605. The van der Waals surface area contributed by atoms with Crippen molar-refractivity contribution in [2.24, 2.45) is 0 Å². The quantitative estimate of drug-likeness (QED) is 0.884. The molecule has 1 unspecified atom stereocenters. The zero-order valence-corrected chi connectivity index (χ0v) is 10.2. The van der Waals surface area contributed by atoms with Gasteiger partial charge in [0.2, 0.25) is 0 Å². The third-order valence-electron chi connectivity index (χ3n) is 2.65. The zero-order valence-electron chi connectivity index (χ0n) is 8.67. The highest BCUT2D eigenvalue weighted by Gasteiger charge is 2.11. The highest BCUT2D eigenvalue weighted by molar-refractivity contribution is 7.16. The summed E-state index contributed by atoms with van der Waals surface area (Å²) in [6.45, 7) is 2.74. The van der Waals surface area contributed by atoms with Gasteiger partial charge in [0, 0.05) is 30.7 Å². The standard InChI is InChI=1S/C11H16ClNOS/c12-11-4-3-10(15-11)8-13-9-2-1-6-14-7-5-9/h3-4,9,13H,1-2,5-8H2. The van der Waals surface area contributed by atoms with E-state index in [9.17, 15) is 0 Å². The maximum atomic E-state index is 5.88. The number of nitrogens with one attached hydrogen (secondary N) is 1. The van der Waals surface area contributed by atoms with E-state index in [1.165, 1.54) is 17.7 Å². The van der Waals surface area contributed by atoms with Crippen molar-refractivity contribution in [3.63, 3.8) is 0 Å². The lowest BCUT2D eigenvalue weighted by Crippen LogP contribution is -2.28. The number of thiophene rings is 1. The normalized spacial score (nSPS) is 22.6. The van der Waals surface area contributed by atoms with Crippen LogP contribution in [0.25, 0.3) is 0 Å². The second-order valence-corrected chi connectivity index (χ2v) is 5.63. The first-order valence-electron chi connectivity index (χ1n) is 5.40. The number of hydrogen-bond acceptors (Lipinski definition) is 3. The molecule has 1 fully saturated rings. The lowest BCUT2D eigenvalue weighted by atomic mass is 10.1. The molecular weight excluding hydrogens is 230 g/mol. The van der Waals surface area contributed by atoms with Crippen LogP contribution in [0.1, 0.15) is 24.1 Å². The van der Waals surface area contributed by atoms with Gasteiger partial charge in [0.1, 0.15) is 0 Å². The zero-order chi connectivity index (χ0) is 10.5. The molecule has 1 aliphatic heterocycles. The first-order chi connectivity index (χ1) is 7.34. The molecule has 1 saturated heterocycles. The first-order valence-corrected chi connectivity index (χ1v) is 6.59. The minimum absolute atomic E-state index is 0.605. The van der Waals surface area contributed by atoms with Crippen molar-refractivity contribution in [3.8, 4) is 0 Å². The van der Waals surface area contributed by atoms with Crippen molar-refractivity contribution >= 4 is 22.9 Å². The van der Waals surface area contributed by atoms with E-state index in [4.69, 9.17) is 16.3 Å². The molecule has 0 saturated carbocycles. The number of ether oxygens (including phenoxy) is 1. The van der Waals surface area contributed by atoms with Gasteiger partial charge in [-0.1, -0.05) is 11.6 Å². The lowest BCUT2D eigenvalue weighted by Gasteiger charge is -2.14. The summed E-state index contributed by atoms with van der Waals surface area (Å²) in [7, 11) is 0. The summed E-state index contributed by atoms with van der Waals surface area (Å²) >= 11 is 7.53. The van der Waals surface area contributed by atoms with Gasteiger partial charge in [0.05, 0.1) is 4.34 Å². The van der Waals surface area contributed by atoms with E-state index in [1.54, 1.807) is 11.3 Å². The van der Waals surface area contributed by atoms with Crippen LogP contribution in [0, 0.1) is 0 Å². The first kappa shape index (κ1) is 11.4. The predicted octanol–water partition coefficient (Wildman–Crippen LogP) is 3.06. The fourth-order valence-corrected chi connectivity index (χ4v) is 2.84. The van der Waals surface area contributed by atoms with E-state index >= 15 is 0 Å². The molecule has 1 aliphatic rings. The second-order valence-electron chi connectivity index (χ2n) is 3.83. The molecule has 4 heteroatoms. The monoisotopic (exact) mass is 245 g/mol. The van der Waals surface area contributed by atoms with Crippen LogP contribution in [0.4, 0.5) is 0 Å². The summed E-state index contributed by atoms with van der Waals surface area (Å²) in [5, 5.41) is 3.56. The number of halogens is 1. The molecule has 2 rings (SSSR count). The Morgan fingerprint density at radius 3 is 3.13 bits per heavy atom. The fraction of sp³-hybridized carbons (Fsp3) is 0.636. The maximum absolute atomic E-state index is 5.88. The Kier molecular flexibility index (Phi) is 4.44. The maximum Gasteiger partial charge on any atom is 0.0931 e. The van der Waals surface area contributed by atoms with Gasteiger partial charge in [0.25, 0.3) is 0 Å². The molecule has 2 heterocycles. The van der Waals surface area contributed by atoms with Crippen LogP contribution in [0.5, 0.6) is 0 Å². The largest absolute Gasteiger partial charge is 0.381 e. The van der Waals surface area contributed by atoms with Crippen LogP contribution in [0.3, 0.4) is 0 Å². The molecule has 0 aromatic carbocycles. The smallest absolute Gasteiger partial charge is 0.0931 e. The highest BCUT2D eigenvalue weighted by atomic mass is 35.5. The lowest BCUT2D eigenvalue weighted by molar-refractivity contribution is 0.142. The van der Waals surface area contributed by atoms with Crippen LogP contribution >= 0.6 is 22.9 Å². The van der Waals surface area contributed by atoms with Gasteiger partial charge in [-0.25, -0.2) is 0 Å². The van der Waals surface area contributed by atoms with Crippen molar-refractivity contribution in [3.05, 3.63) is 21.3 Å². The summed E-state index contributed by atoms with van der Waals surface area (Å²) in [6, 6.07) is 4.65. The van der Waals surface area contributed by atoms with E-state index in [2.05, 4.69) is 11.4 Å². The molecule has 84 valence electrons. The van der Waals surface area contributed by atoms with Crippen LogP contribution in [-0.4, -0.2) is 19.3 Å². The molecule has 0 radical (unpaired) electrons. The topological polar surface area (TPSA) is 21.3 Å². The van der Waals surface area contributed by atoms with Crippen molar-refractivity contribution in [1.29, 1.82) is 0 Å². The summed E-state index contributed by atoms with van der Waals surface area (Å²) in [4.78, 5) is 1.31.